The first-order valence-corrected chi connectivity index (χ1v) is 8.51. The molecule has 4 N–H and O–H groups in total. The lowest BCUT2D eigenvalue weighted by molar-refractivity contribution is -0.116. The fraction of sp³-hybridized carbons (Fsp3) is 0.143. The van der Waals surface area contributed by atoms with Crippen LogP contribution < -0.4 is 9.80 Å². The van der Waals surface area contributed by atoms with Crippen LogP contribution in [0.25, 0.3) is 0 Å². The number of hydrogen-bond donors (Lipinski definition) is 4. The molecule has 2 aromatic rings. The second-order valence-electron chi connectivity index (χ2n) is 6.51. The molecule has 8 heteroatoms. The van der Waals surface area contributed by atoms with Crippen LogP contribution in [0, 0.1) is 0 Å². The normalized spacial score (nSPS) is 10.3. The topological polar surface area (TPSA) is 122 Å². The van der Waals surface area contributed by atoms with E-state index in [-0.39, 0.29) is 45.5 Å². The molecule has 0 aliphatic carbocycles. The molecule has 0 spiro atoms. The van der Waals surface area contributed by atoms with Gasteiger partial charge in [0.15, 0.2) is 0 Å². The Morgan fingerprint density at radius 1 is 0.759 bits per heavy atom. The van der Waals surface area contributed by atoms with Crippen LogP contribution in [-0.2, 0) is 9.59 Å². The van der Waals surface area contributed by atoms with E-state index >= 15 is 0 Å². The molecule has 2 amide bonds. The lowest BCUT2D eigenvalue weighted by Crippen LogP contribution is -2.45. The van der Waals surface area contributed by atoms with Crippen molar-refractivity contribution in [2.24, 2.45) is 0 Å². The van der Waals surface area contributed by atoms with Crippen molar-refractivity contribution in [2.45, 2.75) is 13.8 Å². The SMILES string of the molecule is C=C(C)C(=O)N(CN(C(=O)C(=C)C)c1cc(O)ccc1O)c1cc(O)ccc1O. The van der Waals surface area contributed by atoms with Crippen molar-refractivity contribution >= 4 is 23.2 Å². The van der Waals surface area contributed by atoms with Gasteiger partial charge in [0, 0.05) is 23.3 Å². The van der Waals surface area contributed by atoms with E-state index in [2.05, 4.69) is 13.2 Å². The molecule has 8 nitrogen and oxygen atoms in total. The predicted molar refractivity (Wildman–Crippen MR) is 109 cm³/mol. The lowest BCUT2D eigenvalue weighted by atomic mass is 10.2. The first kappa shape index (κ1) is 21.4. The Morgan fingerprint density at radius 3 is 1.41 bits per heavy atom. The first-order chi connectivity index (χ1) is 13.5. The van der Waals surface area contributed by atoms with E-state index in [1.807, 2.05) is 0 Å². The maximum absolute atomic E-state index is 12.8. The highest BCUT2D eigenvalue weighted by molar-refractivity contribution is 6.10. The molecule has 0 saturated carbocycles. The Kier molecular flexibility index (Phi) is 6.18. The molecule has 0 heterocycles. The number of amides is 2. The van der Waals surface area contributed by atoms with Crippen molar-refractivity contribution in [3.63, 3.8) is 0 Å². The summed E-state index contributed by atoms with van der Waals surface area (Å²) in [5.74, 6) is -2.33. The van der Waals surface area contributed by atoms with Crippen LogP contribution in [0.15, 0.2) is 60.7 Å². The van der Waals surface area contributed by atoms with E-state index < -0.39 is 18.5 Å². The molecule has 0 bridgehead atoms. The molecule has 0 aliphatic rings. The van der Waals surface area contributed by atoms with E-state index in [9.17, 15) is 30.0 Å². The van der Waals surface area contributed by atoms with Crippen LogP contribution in [0.2, 0.25) is 0 Å². The fourth-order valence-electron chi connectivity index (χ4n) is 2.56. The summed E-state index contributed by atoms with van der Waals surface area (Å²) in [5.41, 5.74) is 0.0699. The number of phenolic OH excluding ortho intramolecular Hbond substituents is 4. The van der Waals surface area contributed by atoms with Crippen LogP contribution in [-0.4, -0.2) is 38.9 Å². The van der Waals surface area contributed by atoms with Gasteiger partial charge in [-0.2, -0.15) is 0 Å². The number of nitrogens with zero attached hydrogens (tertiary/aromatic N) is 2. The third-order valence-corrected chi connectivity index (χ3v) is 4.00. The van der Waals surface area contributed by atoms with Gasteiger partial charge in [-0.15, -0.1) is 0 Å². The summed E-state index contributed by atoms with van der Waals surface area (Å²) >= 11 is 0. The Morgan fingerprint density at radius 2 is 1.10 bits per heavy atom. The Labute approximate surface area is 167 Å². The van der Waals surface area contributed by atoms with Gasteiger partial charge in [-0.3, -0.25) is 19.4 Å². The van der Waals surface area contributed by atoms with Gasteiger partial charge in [-0.05, 0) is 38.1 Å². The number of carbonyl (C=O) groups excluding carboxylic acids is 2. The Balaban J connectivity index is 2.64. The van der Waals surface area contributed by atoms with Crippen molar-refractivity contribution < 1.29 is 30.0 Å². The van der Waals surface area contributed by atoms with Crippen LogP contribution in [0.5, 0.6) is 23.0 Å². The zero-order valence-corrected chi connectivity index (χ0v) is 16.1. The van der Waals surface area contributed by atoms with Crippen molar-refractivity contribution in [1.29, 1.82) is 0 Å². The molecule has 2 rings (SSSR count). The van der Waals surface area contributed by atoms with E-state index in [1.54, 1.807) is 0 Å². The molecule has 0 aromatic heterocycles. The molecule has 0 aliphatic heterocycles. The fourth-order valence-corrected chi connectivity index (χ4v) is 2.56. The standard InChI is InChI=1S/C21H22N2O6/c1-12(2)20(28)22(16-9-14(24)5-7-18(16)26)11-23(21(29)13(3)4)17-10-15(25)6-8-19(17)27/h5-10,24-27H,1,3,11H2,2,4H3. The largest absolute Gasteiger partial charge is 0.508 e. The second kappa shape index (κ2) is 8.39. The Hall–Kier alpha value is -3.94. The quantitative estimate of drug-likeness (QED) is 0.337. The van der Waals surface area contributed by atoms with Crippen LogP contribution in [0.4, 0.5) is 11.4 Å². The number of hydrogen-bond acceptors (Lipinski definition) is 6. The molecule has 152 valence electrons. The minimum absolute atomic E-state index is 0.0721. The summed E-state index contributed by atoms with van der Waals surface area (Å²) in [6.07, 6.45) is 0. The van der Waals surface area contributed by atoms with Gasteiger partial charge in [0.2, 0.25) is 0 Å². The zero-order valence-electron chi connectivity index (χ0n) is 16.1. The summed E-state index contributed by atoms with van der Waals surface area (Å²) in [5, 5.41) is 40.0. The van der Waals surface area contributed by atoms with Crippen LogP contribution >= 0.6 is 0 Å². The molecular formula is C21H22N2O6. The molecule has 0 fully saturated rings. The Bertz CT molecular complexity index is 919. The number of carbonyl (C=O) groups is 2. The van der Waals surface area contributed by atoms with Gasteiger partial charge in [0.05, 0.1) is 11.4 Å². The summed E-state index contributed by atoms with van der Waals surface area (Å²) in [7, 11) is 0. The van der Waals surface area contributed by atoms with Gasteiger partial charge in [-0.1, -0.05) is 13.2 Å². The minimum atomic E-state index is -0.634. The van der Waals surface area contributed by atoms with E-state index in [0.29, 0.717) is 0 Å². The van der Waals surface area contributed by atoms with Gasteiger partial charge < -0.3 is 20.4 Å². The van der Waals surface area contributed by atoms with E-state index in [1.165, 1.54) is 38.1 Å². The number of phenols is 4. The minimum Gasteiger partial charge on any atom is -0.508 e. The lowest BCUT2D eigenvalue weighted by Gasteiger charge is -2.32. The molecule has 29 heavy (non-hydrogen) atoms. The van der Waals surface area contributed by atoms with Crippen molar-refractivity contribution in [1.82, 2.24) is 0 Å². The highest BCUT2D eigenvalue weighted by Crippen LogP contribution is 2.35. The van der Waals surface area contributed by atoms with E-state index in [4.69, 9.17) is 0 Å². The smallest absolute Gasteiger partial charge is 0.254 e. The molecular weight excluding hydrogens is 376 g/mol. The number of benzene rings is 2. The first-order valence-electron chi connectivity index (χ1n) is 8.51. The van der Waals surface area contributed by atoms with Crippen molar-refractivity contribution in [2.75, 3.05) is 16.5 Å². The molecule has 0 atom stereocenters. The summed E-state index contributed by atoms with van der Waals surface area (Å²) in [4.78, 5) is 27.6. The van der Waals surface area contributed by atoms with Crippen LogP contribution in [0.3, 0.4) is 0 Å². The third kappa shape index (κ3) is 4.67. The monoisotopic (exact) mass is 398 g/mol. The average molecular weight is 398 g/mol. The van der Waals surface area contributed by atoms with Gasteiger partial charge in [-0.25, -0.2) is 0 Å². The molecule has 2 aromatic carbocycles. The number of aromatic hydroxyl groups is 4. The summed E-state index contributed by atoms with van der Waals surface area (Å²) in [6, 6.07) is 7.17. The molecule has 0 radical (unpaired) electrons. The van der Waals surface area contributed by atoms with Crippen LogP contribution in [0.1, 0.15) is 13.8 Å². The summed E-state index contributed by atoms with van der Waals surface area (Å²) < 4.78 is 0. The highest BCUT2D eigenvalue weighted by atomic mass is 16.3. The molecule has 0 saturated heterocycles. The van der Waals surface area contributed by atoms with Gasteiger partial charge in [0.1, 0.15) is 29.7 Å². The zero-order chi connectivity index (χ0) is 21.9. The van der Waals surface area contributed by atoms with Crippen molar-refractivity contribution in [3.8, 4) is 23.0 Å². The van der Waals surface area contributed by atoms with E-state index in [0.717, 1.165) is 21.9 Å². The number of anilines is 2. The van der Waals surface area contributed by atoms with Crippen molar-refractivity contribution in [3.05, 3.63) is 60.7 Å². The van der Waals surface area contributed by atoms with Gasteiger partial charge in [0.25, 0.3) is 11.8 Å². The molecule has 0 unspecified atom stereocenters. The average Bonchev–Trinajstić information content (AvgIpc) is 2.66. The second-order valence-corrected chi connectivity index (χ2v) is 6.51. The maximum atomic E-state index is 12.8. The maximum Gasteiger partial charge on any atom is 0.254 e. The third-order valence-electron chi connectivity index (χ3n) is 4.00. The van der Waals surface area contributed by atoms with Gasteiger partial charge >= 0.3 is 0 Å². The summed E-state index contributed by atoms with van der Waals surface area (Å²) in [6.45, 7) is 9.63. The highest BCUT2D eigenvalue weighted by Gasteiger charge is 2.28. The predicted octanol–water partition coefficient (Wildman–Crippen LogP) is 2.98. The number of rotatable bonds is 6.